The molecule has 1 unspecified atom stereocenters. The van der Waals surface area contributed by atoms with Gasteiger partial charge in [-0.15, -0.1) is 0 Å². The molecule has 0 aliphatic rings. The van der Waals surface area contributed by atoms with E-state index in [4.69, 9.17) is 0 Å². The normalized spacial score (nSPS) is 12.4. The average molecular weight is 354 g/mol. The number of hydrogen-bond acceptors (Lipinski definition) is 1. The van der Waals surface area contributed by atoms with Gasteiger partial charge in [0, 0.05) is 16.1 Å². The van der Waals surface area contributed by atoms with Gasteiger partial charge in [-0.2, -0.15) is 0 Å². The van der Waals surface area contributed by atoms with Crippen molar-refractivity contribution in [3.8, 4) is 0 Å². The van der Waals surface area contributed by atoms with Gasteiger partial charge in [0.05, 0.1) is 0 Å². The molecule has 0 fully saturated rings. The standard InChI is InChI=1S/C17H18BrF2N/c1-3-21-17(14-7-4-11(2)8-16(14)20)9-12-5-6-13(18)10-15(12)19/h4-8,10,17,21H,3,9H2,1-2H3. The molecule has 0 saturated carbocycles. The highest BCUT2D eigenvalue weighted by Crippen LogP contribution is 2.24. The largest absolute Gasteiger partial charge is 0.310 e. The zero-order valence-corrected chi connectivity index (χ0v) is 13.7. The van der Waals surface area contributed by atoms with Crippen LogP contribution in [0.4, 0.5) is 8.78 Å². The monoisotopic (exact) mass is 353 g/mol. The molecule has 1 nitrogen and oxygen atoms in total. The van der Waals surface area contributed by atoms with Crippen LogP contribution in [0.15, 0.2) is 40.9 Å². The number of halogens is 3. The number of rotatable bonds is 5. The highest BCUT2D eigenvalue weighted by atomic mass is 79.9. The van der Waals surface area contributed by atoms with Gasteiger partial charge in [0.1, 0.15) is 11.6 Å². The maximum absolute atomic E-state index is 14.2. The maximum atomic E-state index is 14.2. The minimum atomic E-state index is -0.278. The van der Waals surface area contributed by atoms with Crippen LogP contribution in [0.3, 0.4) is 0 Å². The number of benzene rings is 2. The van der Waals surface area contributed by atoms with Crippen LogP contribution in [0.1, 0.15) is 29.7 Å². The fourth-order valence-electron chi connectivity index (χ4n) is 2.36. The van der Waals surface area contributed by atoms with Crippen molar-refractivity contribution in [2.45, 2.75) is 26.3 Å². The lowest BCUT2D eigenvalue weighted by atomic mass is 9.97. The van der Waals surface area contributed by atoms with Gasteiger partial charge in [-0.25, -0.2) is 8.78 Å². The summed E-state index contributed by atoms with van der Waals surface area (Å²) in [5.74, 6) is -0.529. The molecule has 0 amide bonds. The Bertz CT molecular complexity index is 628. The second kappa shape index (κ2) is 7.14. The van der Waals surface area contributed by atoms with E-state index in [-0.39, 0.29) is 17.7 Å². The van der Waals surface area contributed by atoms with Gasteiger partial charge in [0.15, 0.2) is 0 Å². The molecule has 21 heavy (non-hydrogen) atoms. The first-order valence-corrected chi connectivity index (χ1v) is 7.74. The van der Waals surface area contributed by atoms with Crippen LogP contribution in [0.25, 0.3) is 0 Å². The van der Waals surface area contributed by atoms with Gasteiger partial charge in [0.25, 0.3) is 0 Å². The van der Waals surface area contributed by atoms with Gasteiger partial charge in [-0.1, -0.05) is 41.1 Å². The van der Waals surface area contributed by atoms with Crippen molar-refractivity contribution in [2.75, 3.05) is 6.54 Å². The molecule has 0 aliphatic heterocycles. The van der Waals surface area contributed by atoms with Crippen molar-refractivity contribution < 1.29 is 8.78 Å². The molecule has 2 rings (SSSR count). The molecule has 0 spiro atoms. The first kappa shape index (κ1) is 16.1. The fraction of sp³-hybridized carbons (Fsp3) is 0.294. The first-order chi connectivity index (χ1) is 10.0. The van der Waals surface area contributed by atoms with Crippen LogP contribution in [0, 0.1) is 18.6 Å². The van der Waals surface area contributed by atoms with E-state index in [9.17, 15) is 8.78 Å². The molecule has 0 saturated heterocycles. The number of likely N-dealkylation sites (N-methyl/N-ethyl adjacent to an activating group) is 1. The van der Waals surface area contributed by atoms with E-state index >= 15 is 0 Å². The molecule has 0 radical (unpaired) electrons. The highest BCUT2D eigenvalue weighted by Gasteiger charge is 2.17. The van der Waals surface area contributed by atoms with Gasteiger partial charge in [-0.05, 0) is 49.2 Å². The third-order valence-corrected chi connectivity index (χ3v) is 3.91. The SMILES string of the molecule is CCNC(Cc1ccc(Br)cc1F)c1ccc(C)cc1F. The van der Waals surface area contributed by atoms with E-state index in [0.717, 1.165) is 5.56 Å². The molecular weight excluding hydrogens is 336 g/mol. The summed E-state index contributed by atoms with van der Waals surface area (Å²) in [7, 11) is 0. The van der Waals surface area contributed by atoms with Crippen molar-refractivity contribution in [2.24, 2.45) is 0 Å². The third-order valence-electron chi connectivity index (χ3n) is 3.42. The quantitative estimate of drug-likeness (QED) is 0.803. The molecule has 2 aromatic rings. The van der Waals surface area contributed by atoms with Gasteiger partial charge < -0.3 is 5.32 Å². The van der Waals surface area contributed by atoms with Gasteiger partial charge >= 0.3 is 0 Å². The summed E-state index contributed by atoms with van der Waals surface area (Å²) in [5, 5.41) is 3.23. The second-order valence-electron chi connectivity index (χ2n) is 5.08. The average Bonchev–Trinajstić information content (AvgIpc) is 2.41. The lowest BCUT2D eigenvalue weighted by Crippen LogP contribution is -2.24. The molecule has 0 aromatic heterocycles. The van der Waals surface area contributed by atoms with E-state index in [2.05, 4.69) is 21.2 Å². The maximum Gasteiger partial charge on any atom is 0.128 e. The Balaban J connectivity index is 2.30. The molecule has 0 bridgehead atoms. The molecule has 1 atom stereocenters. The Morgan fingerprint density at radius 2 is 1.86 bits per heavy atom. The molecule has 0 heterocycles. The van der Waals surface area contributed by atoms with E-state index < -0.39 is 0 Å². The van der Waals surface area contributed by atoms with Crippen molar-refractivity contribution in [3.63, 3.8) is 0 Å². The van der Waals surface area contributed by atoms with E-state index in [1.807, 2.05) is 19.9 Å². The molecule has 0 aliphatic carbocycles. The zero-order valence-electron chi connectivity index (χ0n) is 12.1. The van der Waals surface area contributed by atoms with Crippen LogP contribution in [0.2, 0.25) is 0 Å². The number of aryl methyl sites for hydroxylation is 1. The summed E-state index contributed by atoms with van der Waals surface area (Å²) >= 11 is 3.24. The van der Waals surface area contributed by atoms with Crippen molar-refractivity contribution in [1.82, 2.24) is 5.32 Å². The predicted molar refractivity (Wildman–Crippen MR) is 85.4 cm³/mol. The van der Waals surface area contributed by atoms with Gasteiger partial charge in [-0.3, -0.25) is 0 Å². The Morgan fingerprint density at radius 1 is 1.10 bits per heavy atom. The fourth-order valence-corrected chi connectivity index (χ4v) is 2.69. The number of hydrogen-bond donors (Lipinski definition) is 1. The Kier molecular flexibility index (Phi) is 5.48. The Hall–Kier alpha value is -1.26. The van der Waals surface area contributed by atoms with E-state index in [1.165, 1.54) is 12.1 Å². The molecule has 2 aromatic carbocycles. The van der Waals surface area contributed by atoms with Crippen molar-refractivity contribution >= 4 is 15.9 Å². The summed E-state index contributed by atoms with van der Waals surface area (Å²) < 4.78 is 28.8. The molecule has 4 heteroatoms. The lowest BCUT2D eigenvalue weighted by Gasteiger charge is -2.20. The smallest absolute Gasteiger partial charge is 0.128 e. The topological polar surface area (TPSA) is 12.0 Å². The van der Waals surface area contributed by atoms with E-state index in [1.54, 1.807) is 18.2 Å². The summed E-state index contributed by atoms with van der Waals surface area (Å²) in [4.78, 5) is 0. The van der Waals surface area contributed by atoms with Crippen LogP contribution >= 0.6 is 15.9 Å². The Labute approximate surface area is 132 Å². The van der Waals surface area contributed by atoms with Crippen molar-refractivity contribution in [3.05, 3.63) is 69.2 Å². The summed E-state index contributed by atoms with van der Waals surface area (Å²) in [5.41, 5.74) is 2.02. The van der Waals surface area contributed by atoms with Crippen molar-refractivity contribution in [1.29, 1.82) is 0 Å². The summed E-state index contributed by atoms with van der Waals surface area (Å²) in [6.45, 7) is 4.50. The van der Waals surface area contributed by atoms with E-state index in [0.29, 0.717) is 28.6 Å². The minimum absolute atomic E-state index is 0.244. The third kappa shape index (κ3) is 4.11. The minimum Gasteiger partial charge on any atom is -0.310 e. The van der Waals surface area contributed by atoms with Crippen LogP contribution in [-0.4, -0.2) is 6.54 Å². The van der Waals surface area contributed by atoms with Crippen LogP contribution in [-0.2, 0) is 6.42 Å². The zero-order chi connectivity index (χ0) is 15.4. The molecule has 1 N–H and O–H groups in total. The van der Waals surface area contributed by atoms with Crippen LogP contribution in [0.5, 0.6) is 0 Å². The Morgan fingerprint density at radius 3 is 2.48 bits per heavy atom. The van der Waals surface area contributed by atoms with Crippen LogP contribution < -0.4 is 5.32 Å². The number of nitrogens with one attached hydrogen (secondary N) is 1. The van der Waals surface area contributed by atoms with Gasteiger partial charge in [0.2, 0.25) is 0 Å². The summed E-state index contributed by atoms with van der Waals surface area (Å²) in [6, 6.07) is 9.88. The summed E-state index contributed by atoms with van der Waals surface area (Å²) in [6.07, 6.45) is 0.410. The second-order valence-corrected chi connectivity index (χ2v) is 5.99. The first-order valence-electron chi connectivity index (χ1n) is 6.94. The molecule has 112 valence electrons. The predicted octanol–water partition coefficient (Wildman–Crippen LogP) is 4.93. The molecular formula is C17H18BrF2N. The lowest BCUT2D eigenvalue weighted by molar-refractivity contribution is 0.498. The highest BCUT2D eigenvalue weighted by molar-refractivity contribution is 9.10.